The summed E-state index contributed by atoms with van der Waals surface area (Å²) >= 11 is 0. The zero-order valence-corrected chi connectivity index (χ0v) is 18.0. The van der Waals surface area contributed by atoms with Crippen molar-refractivity contribution in [1.82, 2.24) is 0 Å². The molecule has 1 aromatic rings. The minimum absolute atomic E-state index is 0.0554. The van der Waals surface area contributed by atoms with Crippen molar-refractivity contribution in [3.05, 3.63) is 35.9 Å². The average molecular weight is 397 g/mol. The van der Waals surface area contributed by atoms with Crippen molar-refractivity contribution in [2.24, 2.45) is 34.5 Å². The number of hydrogen-bond acceptors (Lipinski definition) is 3. The minimum Gasteiger partial charge on any atom is -0.458 e. The predicted octanol–water partition coefficient (Wildman–Crippen LogP) is 5.62. The van der Waals surface area contributed by atoms with Gasteiger partial charge in [-0.15, -0.1) is 0 Å². The molecule has 158 valence electrons. The third kappa shape index (κ3) is 3.07. The van der Waals surface area contributed by atoms with E-state index in [0.29, 0.717) is 22.8 Å². The molecule has 0 spiro atoms. The summed E-state index contributed by atoms with van der Waals surface area (Å²) < 4.78 is 6.12. The summed E-state index contributed by atoms with van der Waals surface area (Å²) in [5.74, 6) is 2.78. The first-order valence-electron chi connectivity index (χ1n) is 11.9. The molecule has 3 nitrogen and oxygen atoms in total. The summed E-state index contributed by atoms with van der Waals surface area (Å²) in [4.78, 5) is 12.7. The number of aliphatic hydroxyl groups is 1. The molecule has 4 aliphatic carbocycles. The smallest absolute Gasteiger partial charge is 0.338 e. The van der Waals surface area contributed by atoms with Gasteiger partial charge in [0.05, 0.1) is 11.7 Å². The first-order chi connectivity index (χ1) is 13.9. The first kappa shape index (κ1) is 19.6. The maximum absolute atomic E-state index is 12.7. The van der Waals surface area contributed by atoms with E-state index < -0.39 is 0 Å². The Morgan fingerprint density at radius 1 is 0.931 bits per heavy atom. The van der Waals surface area contributed by atoms with Crippen LogP contribution in [-0.4, -0.2) is 23.3 Å². The minimum atomic E-state index is -0.156. The number of aliphatic hydroxyl groups excluding tert-OH is 1. The summed E-state index contributed by atoms with van der Waals surface area (Å²) in [6, 6.07) is 9.45. The summed E-state index contributed by atoms with van der Waals surface area (Å²) in [6.07, 6.45) is 10.4. The fraction of sp³-hybridized carbons (Fsp3) is 0.731. The second kappa shape index (κ2) is 7.11. The van der Waals surface area contributed by atoms with Gasteiger partial charge < -0.3 is 9.84 Å². The molecule has 29 heavy (non-hydrogen) atoms. The van der Waals surface area contributed by atoms with Crippen molar-refractivity contribution in [3.8, 4) is 0 Å². The van der Waals surface area contributed by atoms with E-state index in [-0.39, 0.29) is 23.6 Å². The molecule has 0 aromatic heterocycles. The van der Waals surface area contributed by atoms with Crippen LogP contribution >= 0.6 is 0 Å². The zero-order valence-electron chi connectivity index (χ0n) is 18.0. The van der Waals surface area contributed by atoms with Crippen LogP contribution in [-0.2, 0) is 4.74 Å². The van der Waals surface area contributed by atoms with Gasteiger partial charge in [0.25, 0.3) is 0 Å². The lowest BCUT2D eigenvalue weighted by Gasteiger charge is -2.60. The van der Waals surface area contributed by atoms with Crippen LogP contribution in [0.3, 0.4) is 0 Å². The van der Waals surface area contributed by atoms with Crippen LogP contribution < -0.4 is 0 Å². The van der Waals surface area contributed by atoms with E-state index in [0.717, 1.165) is 31.1 Å². The Bertz CT molecular complexity index is 760. The van der Waals surface area contributed by atoms with Crippen LogP contribution in [0, 0.1) is 34.5 Å². The fourth-order valence-corrected chi connectivity index (χ4v) is 8.15. The highest BCUT2D eigenvalue weighted by molar-refractivity contribution is 5.89. The Hall–Kier alpha value is -1.35. The van der Waals surface area contributed by atoms with Gasteiger partial charge in [-0.25, -0.2) is 4.79 Å². The summed E-state index contributed by atoms with van der Waals surface area (Å²) in [6.45, 7) is 4.94. The lowest BCUT2D eigenvalue weighted by molar-refractivity contribution is -0.134. The van der Waals surface area contributed by atoms with E-state index in [1.165, 1.54) is 38.5 Å². The normalized spacial score (nSPS) is 46.3. The topological polar surface area (TPSA) is 46.5 Å². The lowest BCUT2D eigenvalue weighted by atomic mass is 9.45. The monoisotopic (exact) mass is 396 g/mol. The second-order valence-corrected chi connectivity index (χ2v) is 11.0. The van der Waals surface area contributed by atoms with Gasteiger partial charge in [0, 0.05) is 5.41 Å². The third-order valence-electron chi connectivity index (χ3n) is 9.81. The standard InChI is InChI=1S/C26H36O3/c1-25-14-12-19(27)16-18(25)8-9-20-21-10-11-23(26(21,2)15-13-22(20)25)29-24(28)17-6-4-3-5-7-17/h3-7,18-23,27H,8-16H2,1-2H3/t18-,19-,20-,21-,22-,23+,25-,26-/m0/s1. The van der Waals surface area contributed by atoms with Crippen LogP contribution in [0.1, 0.15) is 82.0 Å². The molecule has 8 atom stereocenters. The van der Waals surface area contributed by atoms with E-state index in [2.05, 4.69) is 13.8 Å². The number of benzene rings is 1. The molecule has 1 N–H and O–H groups in total. The summed E-state index contributed by atoms with van der Waals surface area (Å²) in [7, 11) is 0. The van der Waals surface area contributed by atoms with E-state index in [9.17, 15) is 9.90 Å². The lowest BCUT2D eigenvalue weighted by Crippen LogP contribution is -2.54. The van der Waals surface area contributed by atoms with Crippen molar-refractivity contribution < 1.29 is 14.6 Å². The molecule has 4 saturated carbocycles. The molecule has 1 aromatic carbocycles. The molecule has 3 heteroatoms. The van der Waals surface area contributed by atoms with E-state index in [4.69, 9.17) is 4.74 Å². The summed E-state index contributed by atoms with van der Waals surface area (Å²) in [5, 5.41) is 10.2. The molecular formula is C26H36O3. The molecule has 4 aliphatic rings. The Morgan fingerprint density at radius 3 is 2.45 bits per heavy atom. The quantitative estimate of drug-likeness (QED) is 0.660. The van der Waals surface area contributed by atoms with Gasteiger partial charge in [0.2, 0.25) is 0 Å². The number of fused-ring (bicyclic) bond motifs is 5. The SMILES string of the molecule is C[C@]12CC[C@H](O)C[C@@H]1CC[C@@H]1[C@@H]2CC[C@]2(C)[C@H](OC(=O)c3ccccc3)CC[C@@H]12. The second-order valence-electron chi connectivity index (χ2n) is 11.0. The molecular weight excluding hydrogens is 360 g/mol. The van der Waals surface area contributed by atoms with Gasteiger partial charge in [0.1, 0.15) is 6.10 Å². The van der Waals surface area contributed by atoms with Crippen molar-refractivity contribution in [1.29, 1.82) is 0 Å². The number of ether oxygens (including phenoxy) is 1. The van der Waals surface area contributed by atoms with Crippen molar-refractivity contribution in [2.75, 3.05) is 0 Å². The summed E-state index contributed by atoms with van der Waals surface area (Å²) in [5.41, 5.74) is 1.20. The maximum atomic E-state index is 12.7. The first-order valence-corrected chi connectivity index (χ1v) is 11.9. The zero-order chi connectivity index (χ0) is 20.2. The van der Waals surface area contributed by atoms with Gasteiger partial charge in [-0.05, 0) is 99.0 Å². The van der Waals surface area contributed by atoms with Crippen LogP contribution in [0.15, 0.2) is 30.3 Å². The van der Waals surface area contributed by atoms with E-state index >= 15 is 0 Å². The van der Waals surface area contributed by atoms with Gasteiger partial charge in [-0.2, -0.15) is 0 Å². The Morgan fingerprint density at radius 2 is 1.66 bits per heavy atom. The van der Waals surface area contributed by atoms with Crippen molar-refractivity contribution in [2.45, 2.75) is 83.8 Å². The average Bonchev–Trinajstić information content (AvgIpc) is 3.05. The molecule has 0 unspecified atom stereocenters. The van der Waals surface area contributed by atoms with E-state index in [1.807, 2.05) is 30.3 Å². The third-order valence-corrected chi connectivity index (χ3v) is 9.81. The van der Waals surface area contributed by atoms with E-state index in [1.54, 1.807) is 0 Å². The molecule has 0 bridgehead atoms. The number of carbonyl (C=O) groups is 1. The number of carbonyl (C=O) groups excluding carboxylic acids is 1. The number of esters is 1. The Kier molecular flexibility index (Phi) is 4.81. The molecule has 0 radical (unpaired) electrons. The molecule has 5 rings (SSSR count). The number of hydrogen-bond donors (Lipinski definition) is 1. The van der Waals surface area contributed by atoms with Crippen molar-refractivity contribution >= 4 is 5.97 Å². The molecule has 0 amide bonds. The molecule has 0 saturated heterocycles. The van der Waals surface area contributed by atoms with Crippen molar-refractivity contribution in [3.63, 3.8) is 0 Å². The van der Waals surface area contributed by atoms with Crippen LogP contribution in [0.2, 0.25) is 0 Å². The molecule has 0 heterocycles. The molecule has 0 aliphatic heterocycles. The highest BCUT2D eigenvalue weighted by atomic mass is 16.5. The van der Waals surface area contributed by atoms with Gasteiger partial charge >= 0.3 is 5.97 Å². The van der Waals surface area contributed by atoms with Crippen LogP contribution in [0.5, 0.6) is 0 Å². The Balaban J connectivity index is 1.34. The van der Waals surface area contributed by atoms with Gasteiger partial charge in [0.15, 0.2) is 0 Å². The fourth-order valence-electron chi connectivity index (χ4n) is 8.15. The van der Waals surface area contributed by atoms with Gasteiger partial charge in [-0.3, -0.25) is 0 Å². The van der Waals surface area contributed by atoms with Crippen LogP contribution in [0.4, 0.5) is 0 Å². The number of rotatable bonds is 2. The highest BCUT2D eigenvalue weighted by Gasteiger charge is 2.61. The largest absolute Gasteiger partial charge is 0.458 e. The highest BCUT2D eigenvalue weighted by Crippen LogP contribution is 2.66. The predicted molar refractivity (Wildman–Crippen MR) is 113 cm³/mol. The van der Waals surface area contributed by atoms with Gasteiger partial charge in [-0.1, -0.05) is 32.0 Å². The molecule has 4 fully saturated rings. The van der Waals surface area contributed by atoms with Crippen LogP contribution in [0.25, 0.3) is 0 Å². The Labute approximate surface area is 175 Å². The maximum Gasteiger partial charge on any atom is 0.338 e.